The van der Waals surface area contributed by atoms with E-state index in [-0.39, 0.29) is 0 Å². The summed E-state index contributed by atoms with van der Waals surface area (Å²) >= 11 is 1.82. The van der Waals surface area contributed by atoms with Crippen LogP contribution in [-0.4, -0.2) is 19.9 Å². The lowest BCUT2D eigenvalue weighted by Gasteiger charge is -2.14. The number of allylic oxidation sites excluding steroid dienone is 5. The number of thiophene rings is 1. The molecule has 5 heteroatoms. The number of hydrogen-bond acceptors (Lipinski definition) is 5. The van der Waals surface area contributed by atoms with Crippen LogP contribution in [-0.2, 0) is 0 Å². The van der Waals surface area contributed by atoms with E-state index in [1.54, 1.807) is 0 Å². The summed E-state index contributed by atoms with van der Waals surface area (Å²) in [6.45, 7) is 6.33. The first kappa shape index (κ1) is 30.3. The van der Waals surface area contributed by atoms with Crippen LogP contribution >= 0.6 is 11.3 Å². The van der Waals surface area contributed by atoms with E-state index in [0.29, 0.717) is 17.5 Å². The number of fused-ring (bicyclic) bond motifs is 5. The fraction of sp³-hybridized carbons (Fsp3) is 0.0213. The maximum atomic E-state index is 5.22. The molecule has 0 fully saturated rings. The first-order valence-corrected chi connectivity index (χ1v) is 18.2. The Bertz CT molecular complexity index is 3080. The molecular formula is C47H30N4S. The lowest BCUT2D eigenvalue weighted by molar-refractivity contribution is 1.04. The van der Waals surface area contributed by atoms with E-state index in [0.717, 1.165) is 38.9 Å². The van der Waals surface area contributed by atoms with Crippen molar-refractivity contribution in [3.05, 3.63) is 170 Å². The van der Waals surface area contributed by atoms with E-state index in [1.165, 1.54) is 52.5 Å². The van der Waals surface area contributed by atoms with Gasteiger partial charge in [-0.2, -0.15) is 0 Å². The fourth-order valence-corrected chi connectivity index (χ4v) is 8.73. The van der Waals surface area contributed by atoms with Crippen molar-refractivity contribution in [3.63, 3.8) is 0 Å². The van der Waals surface area contributed by atoms with Crippen molar-refractivity contribution in [2.24, 2.45) is 0 Å². The molecule has 0 aliphatic heterocycles. The van der Waals surface area contributed by atoms with Gasteiger partial charge < -0.3 is 0 Å². The van der Waals surface area contributed by atoms with Crippen molar-refractivity contribution in [3.8, 4) is 22.8 Å². The number of hydrogen-bond donors (Lipinski definition) is 0. The summed E-state index contributed by atoms with van der Waals surface area (Å²) in [5.41, 5.74) is 5.69. The lowest BCUT2D eigenvalue weighted by atomic mass is 9.92. The monoisotopic (exact) mass is 682 g/mol. The summed E-state index contributed by atoms with van der Waals surface area (Å²) in [5.74, 6) is 1.80. The second-order valence-electron chi connectivity index (χ2n) is 13.1. The summed E-state index contributed by atoms with van der Waals surface area (Å²) in [4.78, 5) is 20.5. The zero-order chi connectivity index (χ0) is 34.8. The molecule has 10 aromatic rings. The number of benzene rings is 7. The third-order valence-corrected chi connectivity index (χ3v) is 11.2. The van der Waals surface area contributed by atoms with Crippen LogP contribution in [0.2, 0.25) is 0 Å². The van der Waals surface area contributed by atoms with Gasteiger partial charge >= 0.3 is 0 Å². The first-order chi connectivity index (χ1) is 25.6. The molecule has 0 saturated heterocycles. The second-order valence-corrected chi connectivity index (χ2v) is 14.1. The van der Waals surface area contributed by atoms with Gasteiger partial charge in [-0.3, -0.25) is 0 Å². The Morgan fingerprint density at radius 1 is 0.558 bits per heavy atom. The molecule has 7 aromatic carbocycles. The molecule has 0 aliphatic rings. The zero-order valence-corrected chi connectivity index (χ0v) is 29.2. The Morgan fingerprint density at radius 3 is 2.08 bits per heavy atom. The zero-order valence-electron chi connectivity index (χ0n) is 28.3. The molecule has 0 saturated carbocycles. The highest BCUT2D eigenvalue weighted by Crippen LogP contribution is 2.42. The van der Waals surface area contributed by atoms with Crippen LogP contribution in [0.25, 0.3) is 97.3 Å². The fourth-order valence-electron chi connectivity index (χ4n) is 7.49. The molecule has 244 valence electrons. The predicted octanol–water partition coefficient (Wildman–Crippen LogP) is 12.7. The molecule has 0 unspecified atom stereocenters. The van der Waals surface area contributed by atoms with Crippen LogP contribution in [0.15, 0.2) is 158 Å². The first-order valence-electron chi connectivity index (χ1n) is 17.3. The van der Waals surface area contributed by atoms with Gasteiger partial charge in [-0.1, -0.05) is 140 Å². The normalized spacial score (nSPS) is 12.6. The van der Waals surface area contributed by atoms with E-state index in [2.05, 4.69) is 129 Å². The van der Waals surface area contributed by atoms with E-state index in [9.17, 15) is 0 Å². The summed E-state index contributed by atoms with van der Waals surface area (Å²) in [6.07, 6.45) is 5.99. The summed E-state index contributed by atoms with van der Waals surface area (Å²) in [6, 6.07) is 46.7. The third kappa shape index (κ3) is 4.82. The van der Waals surface area contributed by atoms with Gasteiger partial charge in [-0.25, -0.2) is 19.9 Å². The molecular weight excluding hydrogens is 653 g/mol. The number of aromatic nitrogens is 4. The van der Waals surface area contributed by atoms with Crippen molar-refractivity contribution in [2.75, 3.05) is 0 Å². The Balaban J connectivity index is 1.16. The van der Waals surface area contributed by atoms with Gasteiger partial charge in [0.15, 0.2) is 17.5 Å². The maximum absolute atomic E-state index is 5.22. The molecule has 0 spiro atoms. The number of pyridine rings is 1. The minimum Gasteiger partial charge on any atom is -0.247 e. The summed E-state index contributed by atoms with van der Waals surface area (Å²) in [7, 11) is 0. The Labute approximate surface area is 304 Å². The summed E-state index contributed by atoms with van der Waals surface area (Å²) in [5, 5.41) is 10.8. The topological polar surface area (TPSA) is 51.6 Å². The van der Waals surface area contributed by atoms with Crippen molar-refractivity contribution >= 4 is 85.9 Å². The molecule has 3 aromatic heterocycles. The second kappa shape index (κ2) is 12.0. The predicted molar refractivity (Wildman–Crippen MR) is 221 cm³/mol. The van der Waals surface area contributed by atoms with Crippen molar-refractivity contribution in [1.82, 2.24) is 19.9 Å². The van der Waals surface area contributed by atoms with Crippen LogP contribution in [0.5, 0.6) is 0 Å². The average Bonchev–Trinajstić information content (AvgIpc) is 3.60. The van der Waals surface area contributed by atoms with Crippen LogP contribution in [0.4, 0.5) is 0 Å². The van der Waals surface area contributed by atoms with Gasteiger partial charge in [0, 0.05) is 42.3 Å². The van der Waals surface area contributed by atoms with Crippen molar-refractivity contribution in [1.29, 1.82) is 0 Å². The Kier molecular flexibility index (Phi) is 7.01. The minimum absolute atomic E-state index is 0.561. The quantitative estimate of drug-likeness (QED) is 0.129. The SMILES string of the molecule is C=C/C(=C\C=C(/C)c1nc2ccccc2c2sc3ccccc3c12)c1nc(-c2ccccc2)nc(-c2ccc3ccc4cccc5ccc2c3c45)n1. The average molecular weight is 683 g/mol. The van der Waals surface area contributed by atoms with E-state index >= 15 is 0 Å². The van der Waals surface area contributed by atoms with E-state index in [1.807, 2.05) is 47.7 Å². The molecule has 4 nitrogen and oxygen atoms in total. The molecule has 0 radical (unpaired) electrons. The highest BCUT2D eigenvalue weighted by Gasteiger charge is 2.18. The van der Waals surface area contributed by atoms with E-state index in [4.69, 9.17) is 19.9 Å². The van der Waals surface area contributed by atoms with Crippen molar-refractivity contribution in [2.45, 2.75) is 6.92 Å². The molecule has 0 amide bonds. The van der Waals surface area contributed by atoms with Crippen molar-refractivity contribution < 1.29 is 0 Å². The standard InChI is InChI=1S/C47H30N4S/c1-3-29(21-20-28(2)43-42-37-17-8-10-19-39(37)52-44(42)36-16-7-9-18-38(36)48-43)45-49-46(33-12-5-4-6-13-33)51-47(50-45)35-27-25-32-23-22-30-14-11-15-31-24-26-34(35)41(32)40(30)31/h3-27H,1H2,2H3/b28-20+,29-21+. The largest absolute Gasteiger partial charge is 0.247 e. The van der Waals surface area contributed by atoms with Gasteiger partial charge in [0.05, 0.1) is 11.2 Å². The lowest BCUT2D eigenvalue weighted by Crippen LogP contribution is -2.02. The molecule has 0 aliphatic carbocycles. The Morgan fingerprint density at radius 2 is 1.25 bits per heavy atom. The molecule has 10 rings (SSSR count). The van der Waals surface area contributed by atoms with Crippen LogP contribution in [0, 0.1) is 0 Å². The van der Waals surface area contributed by atoms with E-state index < -0.39 is 0 Å². The maximum Gasteiger partial charge on any atom is 0.164 e. The number of rotatable bonds is 6. The van der Waals surface area contributed by atoms with Gasteiger partial charge in [0.2, 0.25) is 0 Å². The molecule has 0 atom stereocenters. The smallest absolute Gasteiger partial charge is 0.164 e. The summed E-state index contributed by atoms with van der Waals surface area (Å²) < 4.78 is 2.51. The highest BCUT2D eigenvalue weighted by atomic mass is 32.1. The molecule has 3 heterocycles. The molecule has 0 bridgehead atoms. The number of nitrogens with zero attached hydrogens (tertiary/aromatic N) is 4. The highest BCUT2D eigenvalue weighted by molar-refractivity contribution is 7.26. The Hall–Kier alpha value is -6.56. The number of para-hydroxylation sites is 1. The molecule has 0 N–H and O–H groups in total. The van der Waals surface area contributed by atoms with Crippen LogP contribution in [0.3, 0.4) is 0 Å². The van der Waals surface area contributed by atoms with Gasteiger partial charge in [-0.05, 0) is 63.0 Å². The minimum atomic E-state index is 0.561. The van der Waals surface area contributed by atoms with Gasteiger partial charge in [-0.15, -0.1) is 11.3 Å². The van der Waals surface area contributed by atoms with Gasteiger partial charge in [0.1, 0.15) is 0 Å². The third-order valence-electron chi connectivity index (χ3n) is 10.0. The van der Waals surface area contributed by atoms with Crippen LogP contribution < -0.4 is 0 Å². The molecule has 52 heavy (non-hydrogen) atoms. The van der Waals surface area contributed by atoms with Gasteiger partial charge in [0.25, 0.3) is 0 Å². The van der Waals surface area contributed by atoms with Crippen LogP contribution in [0.1, 0.15) is 18.4 Å².